The van der Waals surface area contributed by atoms with Gasteiger partial charge >= 0.3 is 11.7 Å². The van der Waals surface area contributed by atoms with Gasteiger partial charge in [0, 0.05) is 12.4 Å². The summed E-state index contributed by atoms with van der Waals surface area (Å²) >= 11 is 0. The summed E-state index contributed by atoms with van der Waals surface area (Å²) in [6.45, 7) is 3.37. The standard InChI is InChI=1S/C14H16N2O3/c1-14(2,12(17)18)9-10-4-3-5-11(8-10)16-7-6-15-13(16)19/h3-8H,9H2,1-2H3,(H,15,19)(H,17,18). The number of carbonyl (C=O) groups is 1. The number of nitrogens with one attached hydrogen (secondary N) is 1. The molecule has 0 amide bonds. The van der Waals surface area contributed by atoms with E-state index in [2.05, 4.69) is 4.98 Å². The fourth-order valence-electron chi connectivity index (χ4n) is 1.93. The number of rotatable bonds is 4. The Labute approximate surface area is 110 Å². The molecule has 2 N–H and O–H groups in total. The highest BCUT2D eigenvalue weighted by atomic mass is 16.4. The van der Waals surface area contributed by atoms with E-state index in [9.17, 15) is 9.59 Å². The fourth-order valence-corrected chi connectivity index (χ4v) is 1.93. The third-order valence-corrected chi connectivity index (χ3v) is 3.06. The second-order valence-corrected chi connectivity index (χ2v) is 5.17. The third-order valence-electron chi connectivity index (χ3n) is 3.06. The summed E-state index contributed by atoms with van der Waals surface area (Å²) in [5, 5.41) is 9.14. The van der Waals surface area contributed by atoms with Crippen molar-refractivity contribution in [3.05, 3.63) is 52.7 Å². The molecule has 5 nitrogen and oxygen atoms in total. The summed E-state index contributed by atoms with van der Waals surface area (Å²) in [5.74, 6) is -0.836. The van der Waals surface area contributed by atoms with Crippen LogP contribution in [-0.4, -0.2) is 20.6 Å². The molecule has 0 aliphatic carbocycles. The smallest absolute Gasteiger partial charge is 0.330 e. The van der Waals surface area contributed by atoms with Gasteiger partial charge in [-0.2, -0.15) is 0 Å². The molecule has 0 aliphatic rings. The number of aromatic nitrogens is 2. The molecule has 2 rings (SSSR count). The number of aromatic amines is 1. The SMILES string of the molecule is CC(C)(Cc1cccc(-n2cc[nH]c2=O)c1)C(=O)O. The van der Waals surface area contributed by atoms with E-state index in [0.29, 0.717) is 6.42 Å². The molecule has 0 aliphatic heterocycles. The predicted octanol–water partition coefficient (Wildman–Crippen LogP) is 1.82. The van der Waals surface area contributed by atoms with Crippen LogP contribution < -0.4 is 5.69 Å². The number of hydrogen-bond donors (Lipinski definition) is 2. The third kappa shape index (κ3) is 2.76. The maximum absolute atomic E-state index is 11.5. The predicted molar refractivity (Wildman–Crippen MR) is 71.5 cm³/mol. The van der Waals surface area contributed by atoms with Gasteiger partial charge in [-0.1, -0.05) is 12.1 Å². The Hall–Kier alpha value is -2.30. The van der Waals surface area contributed by atoms with Crippen LogP contribution in [0.25, 0.3) is 5.69 Å². The Morgan fingerprint density at radius 2 is 2.16 bits per heavy atom. The normalized spacial score (nSPS) is 11.5. The van der Waals surface area contributed by atoms with Gasteiger partial charge in [-0.05, 0) is 38.0 Å². The number of imidazole rings is 1. The van der Waals surface area contributed by atoms with Crippen molar-refractivity contribution in [2.75, 3.05) is 0 Å². The van der Waals surface area contributed by atoms with Crippen LogP contribution >= 0.6 is 0 Å². The monoisotopic (exact) mass is 260 g/mol. The molecular formula is C14H16N2O3. The Kier molecular flexibility index (Phi) is 3.29. The van der Waals surface area contributed by atoms with Crippen LogP contribution in [0.1, 0.15) is 19.4 Å². The number of carboxylic acids is 1. The fraction of sp³-hybridized carbons (Fsp3) is 0.286. The van der Waals surface area contributed by atoms with Crippen molar-refractivity contribution >= 4 is 5.97 Å². The molecule has 0 spiro atoms. The van der Waals surface area contributed by atoms with Crippen molar-refractivity contribution in [1.29, 1.82) is 0 Å². The van der Waals surface area contributed by atoms with Gasteiger partial charge < -0.3 is 10.1 Å². The van der Waals surface area contributed by atoms with E-state index in [4.69, 9.17) is 5.11 Å². The minimum atomic E-state index is -0.836. The molecule has 0 bridgehead atoms. The summed E-state index contributed by atoms with van der Waals surface area (Å²) in [7, 11) is 0. The van der Waals surface area contributed by atoms with E-state index in [1.807, 2.05) is 24.3 Å². The summed E-state index contributed by atoms with van der Waals surface area (Å²) in [6, 6.07) is 7.33. The zero-order valence-electron chi connectivity index (χ0n) is 10.9. The number of benzene rings is 1. The molecular weight excluding hydrogens is 244 g/mol. The van der Waals surface area contributed by atoms with Crippen molar-refractivity contribution < 1.29 is 9.90 Å². The van der Waals surface area contributed by atoms with Crippen LogP contribution in [0.3, 0.4) is 0 Å². The Morgan fingerprint density at radius 3 is 2.74 bits per heavy atom. The Bertz CT molecular complexity index is 652. The number of H-pyrrole nitrogens is 1. The molecule has 19 heavy (non-hydrogen) atoms. The molecule has 2 aromatic rings. The number of hydrogen-bond acceptors (Lipinski definition) is 2. The summed E-state index contributed by atoms with van der Waals surface area (Å²) in [4.78, 5) is 25.2. The highest BCUT2D eigenvalue weighted by Gasteiger charge is 2.27. The Balaban J connectivity index is 2.33. The minimum absolute atomic E-state index is 0.213. The maximum atomic E-state index is 11.5. The minimum Gasteiger partial charge on any atom is -0.481 e. The van der Waals surface area contributed by atoms with Gasteiger partial charge in [0.2, 0.25) is 0 Å². The Morgan fingerprint density at radius 1 is 1.42 bits per heavy atom. The van der Waals surface area contributed by atoms with E-state index in [0.717, 1.165) is 11.3 Å². The van der Waals surface area contributed by atoms with Crippen LogP contribution in [0, 0.1) is 5.41 Å². The first-order valence-electron chi connectivity index (χ1n) is 5.99. The van der Waals surface area contributed by atoms with Crippen molar-refractivity contribution in [3.8, 4) is 5.69 Å². The zero-order valence-corrected chi connectivity index (χ0v) is 10.9. The molecule has 0 radical (unpaired) electrons. The molecule has 0 saturated heterocycles. The van der Waals surface area contributed by atoms with Crippen LogP contribution in [-0.2, 0) is 11.2 Å². The molecule has 0 saturated carbocycles. The highest BCUT2D eigenvalue weighted by Crippen LogP contribution is 2.23. The lowest BCUT2D eigenvalue weighted by atomic mass is 9.86. The van der Waals surface area contributed by atoms with Crippen molar-refractivity contribution in [2.45, 2.75) is 20.3 Å². The van der Waals surface area contributed by atoms with Crippen molar-refractivity contribution in [2.24, 2.45) is 5.41 Å². The topological polar surface area (TPSA) is 75.1 Å². The second kappa shape index (κ2) is 4.76. The zero-order chi connectivity index (χ0) is 14.0. The van der Waals surface area contributed by atoms with Gasteiger partial charge in [0.15, 0.2) is 0 Å². The van der Waals surface area contributed by atoms with Gasteiger partial charge in [0.25, 0.3) is 0 Å². The van der Waals surface area contributed by atoms with Gasteiger partial charge in [0.05, 0.1) is 11.1 Å². The molecule has 0 fully saturated rings. The van der Waals surface area contributed by atoms with E-state index in [-0.39, 0.29) is 5.69 Å². The number of carboxylic acid groups (broad SMARTS) is 1. The molecule has 1 aromatic carbocycles. The second-order valence-electron chi connectivity index (χ2n) is 5.17. The summed E-state index contributed by atoms with van der Waals surface area (Å²) in [6.07, 6.45) is 3.62. The van der Waals surface area contributed by atoms with E-state index >= 15 is 0 Å². The van der Waals surface area contributed by atoms with E-state index < -0.39 is 11.4 Å². The van der Waals surface area contributed by atoms with Crippen molar-refractivity contribution in [3.63, 3.8) is 0 Å². The van der Waals surface area contributed by atoms with Gasteiger partial charge in [-0.25, -0.2) is 4.79 Å². The molecule has 100 valence electrons. The maximum Gasteiger partial charge on any atom is 0.330 e. The van der Waals surface area contributed by atoms with Crippen LogP contribution in [0.15, 0.2) is 41.5 Å². The molecule has 1 aromatic heterocycles. The average molecular weight is 260 g/mol. The first kappa shape index (κ1) is 13.1. The van der Waals surface area contributed by atoms with E-state index in [1.54, 1.807) is 26.2 Å². The van der Waals surface area contributed by atoms with Gasteiger partial charge in [-0.15, -0.1) is 0 Å². The van der Waals surface area contributed by atoms with Crippen LogP contribution in [0.4, 0.5) is 0 Å². The average Bonchev–Trinajstić information content (AvgIpc) is 2.75. The summed E-state index contributed by atoms with van der Waals surface area (Å²) < 4.78 is 1.48. The van der Waals surface area contributed by atoms with Crippen LogP contribution in [0.2, 0.25) is 0 Å². The number of aliphatic carboxylic acids is 1. The van der Waals surface area contributed by atoms with Gasteiger partial charge in [0.1, 0.15) is 0 Å². The van der Waals surface area contributed by atoms with Crippen LogP contribution in [0.5, 0.6) is 0 Å². The lowest BCUT2D eigenvalue weighted by Gasteiger charge is -2.19. The highest BCUT2D eigenvalue weighted by molar-refractivity contribution is 5.74. The first-order chi connectivity index (χ1) is 8.90. The quantitative estimate of drug-likeness (QED) is 0.880. The first-order valence-corrected chi connectivity index (χ1v) is 5.99. The molecule has 0 atom stereocenters. The largest absolute Gasteiger partial charge is 0.481 e. The number of nitrogens with zero attached hydrogens (tertiary/aromatic N) is 1. The lowest BCUT2D eigenvalue weighted by molar-refractivity contribution is -0.146. The summed E-state index contributed by atoms with van der Waals surface area (Å²) in [5.41, 5.74) is 0.569. The van der Waals surface area contributed by atoms with Crippen molar-refractivity contribution in [1.82, 2.24) is 9.55 Å². The lowest BCUT2D eigenvalue weighted by Crippen LogP contribution is -2.26. The molecule has 5 heteroatoms. The molecule has 0 unspecified atom stereocenters. The molecule has 1 heterocycles. The van der Waals surface area contributed by atoms with Gasteiger partial charge in [-0.3, -0.25) is 9.36 Å². The van der Waals surface area contributed by atoms with E-state index in [1.165, 1.54) is 4.57 Å².